The van der Waals surface area contributed by atoms with Crippen LogP contribution in [0.15, 0.2) is 54.9 Å². The van der Waals surface area contributed by atoms with Gasteiger partial charge in [-0.15, -0.1) is 0 Å². The molecule has 6 heteroatoms. The fourth-order valence-electron chi connectivity index (χ4n) is 3.12. The number of benzene rings is 2. The Hall–Kier alpha value is -2.92. The Kier molecular flexibility index (Phi) is 4.31. The number of rotatable bonds is 3. The molecule has 0 bridgehead atoms. The quantitative estimate of drug-likeness (QED) is 0.749. The van der Waals surface area contributed by atoms with Gasteiger partial charge in [-0.05, 0) is 42.7 Å². The van der Waals surface area contributed by atoms with E-state index in [0.717, 1.165) is 30.0 Å². The van der Waals surface area contributed by atoms with E-state index in [1.807, 2.05) is 25.1 Å². The highest BCUT2D eigenvalue weighted by Crippen LogP contribution is 2.33. The smallest absolute Gasteiger partial charge is 0.274 e. The van der Waals surface area contributed by atoms with Crippen molar-refractivity contribution in [1.29, 1.82) is 0 Å². The molecule has 0 fully saturated rings. The van der Waals surface area contributed by atoms with Gasteiger partial charge in [-0.2, -0.15) is 0 Å². The summed E-state index contributed by atoms with van der Waals surface area (Å²) in [5, 5.41) is 3.48. The van der Waals surface area contributed by atoms with Crippen molar-refractivity contribution in [2.75, 3.05) is 16.8 Å². The average Bonchev–Trinajstić information content (AvgIpc) is 3.10. The summed E-state index contributed by atoms with van der Waals surface area (Å²) < 4.78 is 0. The molecular formula is C20H17ClN4O. The first-order chi connectivity index (χ1) is 12.6. The van der Waals surface area contributed by atoms with Gasteiger partial charge < -0.3 is 10.2 Å². The van der Waals surface area contributed by atoms with Crippen LogP contribution in [-0.4, -0.2) is 22.4 Å². The molecule has 0 aliphatic carbocycles. The molecule has 5 nitrogen and oxygen atoms in total. The first-order valence-corrected chi connectivity index (χ1v) is 8.75. The van der Waals surface area contributed by atoms with Crippen molar-refractivity contribution in [2.24, 2.45) is 0 Å². The first-order valence-electron chi connectivity index (χ1n) is 8.37. The van der Waals surface area contributed by atoms with Crippen molar-refractivity contribution in [1.82, 2.24) is 9.97 Å². The Morgan fingerprint density at radius 2 is 2.00 bits per heavy atom. The zero-order valence-corrected chi connectivity index (χ0v) is 15.0. The maximum Gasteiger partial charge on any atom is 0.274 e. The fraction of sp³-hybridized carbons (Fsp3) is 0.150. The Balaban J connectivity index is 1.60. The molecular weight excluding hydrogens is 348 g/mol. The van der Waals surface area contributed by atoms with Gasteiger partial charge in [0, 0.05) is 29.0 Å². The molecule has 2 heterocycles. The largest absolute Gasteiger partial charge is 0.326 e. The lowest BCUT2D eigenvalue weighted by molar-refractivity contribution is 0.102. The number of nitrogens with zero attached hydrogens (tertiary/aromatic N) is 3. The number of nitrogens with one attached hydrogen (secondary N) is 1. The maximum absolute atomic E-state index is 12.6. The van der Waals surface area contributed by atoms with Gasteiger partial charge in [0.1, 0.15) is 17.8 Å². The third kappa shape index (κ3) is 3.02. The lowest BCUT2D eigenvalue weighted by Crippen LogP contribution is -2.18. The van der Waals surface area contributed by atoms with E-state index < -0.39 is 0 Å². The molecule has 130 valence electrons. The molecule has 0 saturated carbocycles. The lowest BCUT2D eigenvalue weighted by atomic mass is 10.2. The Labute approximate surface area is 156 Å². The molecule has 4 rings (SSSR count). The van der Waals surface area contributed by atoms with Crippen LogP contribution in [0.5, 0.6) is 0 Å². The molecule has 0 atom stereocenters. The summed E-state index contributed by atoms with van der Waals surface area (Å²) in [4.78, 5) is 23.2. The molecule has 1 aliphatic heterocycles. The molecule has 0 saturated heterocycles. The van der Waals surface area contributed by atoms with E-state index in [0.29, 0.717) is 16.4 Å². The molecule has 0 spiro atoms. The van der Waals surface area contributed by atoms with Crippen LogP contribution in [0.1, 0.15) is 21.6 Å². The number of halogens is 1. The monoisotopic (exact) mass is 364 g/mol. The van der Waals surface area contributed by atoms with Crippen molar-refractivity contribution in [3.8, 4) is 0 Å². The van der Waals surface area contributed by atoms with Crippen LogP contribution >= 0.6 is 11.6 Å². The van der Waals surface area contributed by atoms with E-state index in [2.05, 4.69) is 32.3 Å². The van der Waals surface area contributed by atoms with Crippen LogP contribution < -0.4 is 10.2 Å². The van der Waals surface area contributed by atoms with Gasteiger partial charge in [0.15, 0.2) is 0 Å². The SMILES string of the molecule is Cc1c(Cl)cccc1NC(=O)c1cc(N2CCc3ccccc32)ncn1. The van der Waals surface area contributed by atoms with E-state index in [4.69, 9.17) is 11.6 Å². The van der Waals surface area contributed by atoms with Gasteiger partial charge >= 0.3 is 0 Å². The zero-order valence-electron chi connectivity index (χ0n) is 14.2. The minimum atomic E-state index is -0.286. The molecule has 0 unspecified atom stereocenters. The Morgan fingerprint density at radius 3 is 2.88 bits per heavy atom. The topological polar surface area (TPSA) is 58.1 Å². The second kappa shape index (κ2) is 6.77. The van der Waals surface area contributed by atoms with Crippen LogP contribution in [0.3, 0.4) is 0 Å². The van der Waals surface area contributed by atoms with E-state index in [9.17, 15) is 4.79 Å². The number of carbonyl (C=O) groups is 1. The van der Waals surface area contributed by atoms with Crippen molar-refractivity contribution in [3.63, 3.8) is 0 Å². The van der Waals surface area contributed by atoms with Gasteiger partial charge in [0.05, 0.1) is 0 Å². The van der Waals surface area contributed by atoms with E-state index in [-0.39, 0.29) is 5.91 Å². The molecule has 0 radical (unpaired) electrons. The van der Waals surface area contributed by atoms with Gasteiger partial charge in [0.25, 0.3) is 5.91 Å². The highest BCUT2D eigenvalue weighted by molar-refractivity contribution is 6.31. The van der Waals surface area contributed by atoms with E-state index >= 15 is 0 Å². The summed E-state index contributed by atoms with van der Waals surface area (Å²) in [5.41, 5.74) is 4.23. The summed E-state index contributed by atoms with van der Waals surface area (Å²) in [5.74, 6) is 0.435. The number of anilines is 3. The highest BCUT2D eigenvalue weighted by atomic mass is 35.5. The number of hydrogen-bond donors (Lipinski definition) is 1. The Morgan fingerprint density at radius 1 is 1.15 bits per heavy atom. The van der Waals surface area contributed by atoms with Gasteiger partial charge in [-0.3, -0.25) is 4.79 Å². The van der Waals surface area contributed by atoms with Crippen molar-refractivity contribution in [2.45, 2.75) is 13.3 Å². The molecule has 2 aromatic carbocycles. The summed E-state index contributed by atoms with van der Waals surface area (Å²) in [6.07, 6.45) is 2.39. The molecule has 3 aromatic rings. The number of aromatic nitrogens is 2. The summed E-state index contributed by atoms with van der Waals surface area (Å²) in [6.45, 7) is 2.70. The Bertz CT molecular complexity index is 989. The zero-order chi connectivity index (χ0) is 18.1. The van der Waals surface area contributed by atoms with Crippen LogP contribution in [0.2, 0.25) is 5.02 Å². The normalized spacial score (nSPS) is 12.8. The minimum Gasteiger partial charge on any atom is -0.326 e. The molecule has 26 heavy (non-hydrogen) atoms. The van der Waals surface area contributed by atoms with Gasteiger partial charge in [-0.25, -0.2) is 9.97 Å². The third-order valence-electron chi connectivity index (χ3n) is 4.56. The second-order valence-corrected chi connectivity index (χ2v) is 6.57. The fourth-order valence-corrected chi connectivity index (χ4v) is 3.30. The number of hydrogen-bond acceptors (Lipinski definition) is 4. The standard InChI is InChI=1S/C20H17ClN4O/c1-13-15(21)6-4-7-16(13)24-20(26)17-11-19(23-12-22-17)25-10-9-14-5-2-3-8-18(14)25/h2-8,11-12H,9-10H2,1H3,(H,24,26). The number of para-hydroxylation sites is 1. The van der Waals surface area contributed by atoms with Crippen LogP contribution in [0, 0.1) is 6.92 Å². The summed E-state index contributed by atoms with van der Waals surface area (Å²) >= 11 is 6.12. The van der Waals surface area contributed by atoms with Gasteiger partial charge in [0.2, 0.25) is 0 Å². The summed E-state index contributed by atoms with van der Waals surface area (Å²) in [7, 11) is 0. The third-order valence-corrected chi connectivity index (χ3v) is 4.97. The number of carbonyl (C=O) groups excluding carboxylic acids is 1. The van der Waals surface area contributed by atoms with Gasteiger partial charge in [-0.1, -0.05) is 35.9 Å². The van der Waals surface area contributed by atoms with Crippen molar-refractivity contribution < 1.29 is 4.79 Å². The van der Waals surface area contributed by atoms with E-state index in [1.54, 1.807) is 18.2 Å². The van der Waals surface area contributed by atoms with E-state index in [1.165, 1.54) is 11.9 Å². The summed E-state index contributed by atoms with van der Waals surface area (Å²) in [6, 6.07) is 15.4. The van der Waals surface area contributed by atoms with Crippen LogP contribution in [0.4, 0.5) is 17.2 Å². The average molecular weight is 365 g/mol. The molecule has 1 amide bonds. The predicted molar refractivity (Wildman–Crippen MR) is 103 cm³/mol. The number of fused-ring (bicyclic) bond motifs is 1. The molecule has 1 aromatic heterocycles. The predicted octanol–water partition coefficient (Wildman–Crippen LogP) is 4.38. The van der Waals surface area contributed by atoms with Crippen molar-refractivity contribution >= 4 is 34.7 Å². The van der Waals surface area contributed by atoms with Crippen LogP contribution in [-0.2, 0) is 6.42 Å². The maximum atomic E-state index is 12.6. The molecule has 1 N–H and O–H groups in total. The number of amides is 1. The van der Waals surface area contributed by atoms with Crippen molar-refractivity contribution in [3.05, 3.63) is 76.7 Å². The highest BCUT2D eigenvalue weighted by Gasteiger charge is 2.22. The first kappa shape index (κ1) is 16.5. The minimum absolute atomic E-state index is 0.286. The van der Waals surface area contributed by atoms with Crippen LogP contribution in [0.25, 0.3) is 0 Å². The molecule has 1 aliphatic rings. The lowest BCUT2D eigenvalue weighted by Gasteiger charge is -2.18. The second-order valence-electron chi connectivity index (χ2n) is 6.16.